The summed E-state index contributed by atoms with van der Waals surface area (Å²) in [7, 11) is -2.01. The Hall–Kier alpha value is -2.69. The number of pyridine rings is 1. The molecule has 1 heterocycles. The van der Waals surface area contributed by atoms with Crippen LogP contribution in [0.5, 0.6) is 0 Å². The number of nitrogens with two attached hydrogens (primary N) is 1. The summed E-state index contributed by atoms with van der Waals surface area (Å²) in [6.45, 7) is 0.745. The highest BCUT2D eigenvalue weighted by Gasteiger charge is 2.11. The fourth-order valence-corrected chi connectivity index (χ4v) is 2.82. The van der Waals surface area contributed by atoms with Crippen molar-refractivity contribution in [2.75, 3.05) is 36.1 Å². The van der Waals surface area contributed by atoms with Crippen molar-refractivity contribution in [3.8, 4) is 0 Å². The number of aromatic nitrogens is 1. The number of sulfonamides is 1. The first kappa shape index (κ1) is 19.6. The number of nitrogens with zero attached hydrogens (tertiary/aromatic N) is 1. The van der Waals surface area contributed by atoms with Gasteiger partial charge in [-0.1, -0.05) is 12.1 Å². The third-order valence-electron chi connectivity index (χ3n) is 3.59. The van der Waals surface area contributed by atoms with Gasteiger partial charge < -0.3 is 26.5 Å². The molecule has 0 saturated heterocycles. The molecule has 0 bridgehead atoms. The van der Waals surface area contributed by atoms with Gasteiger partial charge in [0.05, 0.1) is 22.8 Å². The first-order valence-corrected chi connectivity index (χ1v) is 9.37. The van der Waals surface area contributed by atoms with Crippen molar-refractivity contribution in [3.63, 3.8) is 0 Å². The number of benzene rings is 1. The molecule has 0 aliphatic heterocycles. The van der Waals surface area contributed by atoms with Gasteiger partial charge in [-0.2, -0.15) is 0 Å². The quantitative estimate of drug-likeness (QED) is 0.353. The summed E-state index contributed by atoms with van der Waals surface area (Å²) in [4.78, 5) is 4.40. The maximum Gasteiger partial charge on any atom is 0.238 e. The van der Waals surface area contributed by atoms with Crippen LogP contribution in [0.1, 0.15) is 11.1 Å². The van der Waals surface area contributed by atoms with Crippen molar-refractivity contribution in [1.29, 1.82) is 5.41 Å². The molecule has 7 N–H and O–H groups in total. The predicted molar refractivity (Wildman–Crippen MR) is 102 cm³/mol. The van der Waals surface area contributed by atoms with Crippen molar-refractivity contribution in [2.24, 2.45) is 5.14 Å². The van der Waals surface area contributed by atoms with Gasteiger partial charge in [0.1, 0.15) is 11.6 Å². The van der Waals surface area contributed by atoms with Crippen molar-refractivity contribution in [1.82, 2.24) is 4.98 Å². The van der Waals surface area contributed by atoms with E-state index in [1.807, 2.05) is 0 Å². The molecule has 1 aromatic heterocycles. The Labute approximate surface area is 152 Å². The van der Waals surface area contributed by atoms with Gasteiger partial charge in [0, 0.05) is 32.4 Å². The van der Waals surface area contributed by atoms with Crippen molar-refractivity contribution in [3.05, 3.63) is 41.5 Å². The zero-order chi connectivity index (χ0) is 19.2. The summed E-state index contributed by atoms with van der Waals surface area (Å²) in [6.07, 6.45) is 1.20. The largest absolute Gasteiger partial charge is 0.395 e. The standard InChI is InChI=1S/C16H22N6O3S/c1-19-16-13(9-17)14(8-15(22-16)20-6-7-23)21-10-11-2-4-12(5-3-11)26(18,24)25/h2-5,8-9,17,23H,6-7,10H2,1H3,(H2,18,24,25)(H3,19,20,21,22). The number of aliphatic hydroxyl groups is 1. The third-order valence-corrected chi connectivity index (χ3v) is 4.52. The molecule has 0 amide bonds. The zero-order valence-corrected chi connectivity index (χ0v) is 15.1. The first-order chi connectivity index (χ1) is 12.4. The van der Waals surface area contributed by atoms with Crippen LogP contribution in [-0.2, 0) is 16.6 Å². The van der Waals surface area contributed by atoms with Gasteiger partial charge >= 0.3 is 0 Å². The Balaban J connectivity index is 2.23. The van der Waals surface area contributed by atoms with Gasteiger partial charge in [-0.05, 0) is 17.7 Å². The fourth-order valence-electron chi connectivity index (χ4n) is 2.31. The molecule has 0 atom stereocenters. The molecule has 2 aromatic rings. The number of anilines is 3. The van der Waals surface area contributed by atoms with Gasteiger partial charge in [-0.15, -0.1) is 0 Å². The molecule has 0 saturated carbocycles. The number of primary sulfonamides is 1. The summed E-state index contributed by atoms with van der Waals surface area (Å²) in [5.41, 5.74) is 2.11. The van der Waals surface area contributed by atoms with Crippen LogP contribution in [0.4, 0.5) is 17.3 Å². The molecule has 140 valence electrons. The molecule has 10 heteroatoms. The van der Waals surface area contributed by atoms with E-state index in [0.717, 1.165) is 5.56 Å². The second-order valence-corrected chi connectivity index (χ2v) is 6.97. The molecule has 0 unspecified atom stereocenters. The number of nitrogens with one attached hydrogen (secondary N) is 4. The topological polar surface area (TPSA) is 153 Å². The van der Waals surface area contributed by atoms with Crippen molar-refractivity contribution < 1.29 is 13.5 Å². The summed E-state index contributed by atoms with van der Waals surface area (Å²) in [5, 5.41) is 30.8. The number of rotatable bonds is 9. The van der Waals surface area contributed by atoms with Crippen LogP contribution in [0.15, 0.2) is 35.2 Å². The van der Waals surface area contributed by atoms with Crippen LogP contribution in [0.25, 0.3) is 0 Å². The Morgan fingerprint density at radius 2 is 1.96 bits per heavy atom. The van der Waals surface area contributed by atoms with E-state index in [0.29, 0.717) is 36.0 Å². The lowest BCUT2D eigenvalue weighted by molar-refractivity contribution is 0.311. The van der Waals surface area contributed by atoms with Crippen LogP contribution in [0.3, 0.4) is 0 Å². The average Bonchev–Trinajstić information content (AvgIpc) is 2.63. The Morgan fingerprint density at radius 1 is 1.27 bits per heavy atom. The van der Waals surface area contributed by atoms with Crippen molar-refractivity contribution >= 4 is 33.6 Å². The monoisotopic (exact) mass is 378 g/mol. The summed E-state index contributed by atoms with van der Waals surface area (Å²) in [5.74, 6) is 1.08. The molecule has 0 aliphatic carbocycles. The molecule has 1 aromatic carbocycles. The highest BCUT2D eigenvalue weighted by atomic mass is 32.2. The highest BCUT2D eigenvalue weighted by Crippen LogP contribution is 2.25. The number of aliphatic hydroxyl groups excluding tert-OH is 1. The summed E-state index contributed by atoms with van der Waals surface area (Å²) >= 11 is 0. The average molecular weight is 378 g/mol. The SMILES string of the molecule is CNc1nc(NCCO)cc(NCc2ccc(S(N)(=O)=O)cc2)c1C=N. The minimum absolute atomic E-state index is 0.0257. The van der Waals surface area contributed by atoms with E-state index in [9.17, 15) is 8.42 Å². The van der Waals surface area contributed by atoms with Gasteiger partial charge in [0.25, 0.3) is 0 Å². The Kier molecular flexibility index (Phi) is 6.50. The lowest BCUT2D eigenvalue weighted by Crippen LogP contribution is -2.12. The van der Waals surface area contributed by atoms with Gasteiger partial charge in [0.15, 0.2) is 0 Å². The van der Waals surface area contributed by atoms with E-state index in [2.05, 4.69) is 20.9 Å². The molecular formula is C16H22N6O3S. The van der Waals surface area contributed by atoms with E-state index in [1.165, 1.54) is 18.3 Å². The Bertz CT molecular complexity index is 868. The van der Waals surface area contributed by atoms with E-state index in [4.69, 9.17) is 15.7 Å². The highest BCUT2D eigenvalue weighted by molar-refractivity contribution is 7.89. The summed E-state index contributed by atoms with van der Waals surface area (Å²) < 4.78 is 22.6. The number of hydrogen-bond donors (Lipinski definition) is 6. The molecule has 9 nitrogen and oxygen atoms in total. The normalized spacial score (nSPS) is 11.0. The van der Waals surface area contributed by atoms with Crippen LogP contribution in [0, 0.1) is 5.41 Å². The maximum absolute atomic E-state index is 11.3. The maximum atomic E-state index is 11.3. The molecule has 2 rings (SSSR count). The molecular weight excluding hydrogens is 356 g/mol. The molecule has 0 fully saturated rings. The second-order valence-electron chi connectivity index (χ2n) is 5.40. The predicted octanol–water partition coefficient (Wildman–Crippen LogP) is 0.785. The molecule has 0 spiro atoms. The number of hydrogen-bond acceptors (Lipinski definition) is 8. The first-order valence-electron chi connectivity index (χ1n) is 7.82. The molecule has 26 heavy (non-hydrogen) atoms. The minimum Gasteiger partial charge on any atom is -0.395 e. The smallest absolute Gasteiger partial charge is 0.238 e. The summed E-state index contributed by atoms with van der Waals surface area (Å²) in [6, 6.07) is 7.98. The van der Waals surface area contributed by atoms with Gasteiger partial charge in [-0.3, -0.25) is 0 Å². The van der Waals surface area contributed by atoms with Gasteiger partial charge in [0.2, 0.25) is 10.0 Å². The van der Waals surface area contributed by atoms with Crippen LogP contribution in [0.2, 0.25) is 0 Å². The van der Waals surface area contributed by atoms with Crippen molar-refractivity contribution in [2.45, 2.75) is 11.4 Å². The van der Waals surface area contributed by atoms with Crippen LogP contribution >= 0.6 is 0 Å². The van der Waals surface area contributed by atoms with E-state index in [-0.39, 0.29) is 11.5 Å². The van der Waals surface area contributed by atoms with Crippen LogP contribution < -0.4 is 21.1 Å². The van der Waals surface area contributed by atoms with E-state index in [1.54, 1.807) is 25.2 Å². The van der Waals surface area contributed by atoms with E-state index >= 15 is 0 Å². The lowest BCUT2D eigenvalue weighted by atomic mass is 10.2. The molecule has 0 aliphatic rings. The van der Waals surface area contributed by atoms with Crippen LogP contribution in [-0.4, -0.2) is 44.9 Å². The zero-order valence-electron chi connectivity index (χ0n) is 14.3. The fraction of sp³-hybridized carbons (Fsp3) is 0.250. The molecule has 0 radical (unpaired) electrons. The lowest BCUT2D eigenvalue weighted by Gasteiger charge is -2.15. The Morgan fingerprint density at radius 3 is 2.50 bits per heavy atom. The second kappa shape index (κ2) is 8.61. The van der Waals surface area contributed by atoms with E-state index < -0.39 is 10.0 Å². The third kappa shape index (κ3) is 4.91. The van der Waals surface area contributed by atoms with Gasteiger partial charge in [-0.25, -0.2) is 18.5 Å². The minimum atomic E-state index is -3.72.